The van der Waals surface area contributed by atoms with Crippen LogP contribution < -0.4 is 25.5 Å². The highest BCUT2D eigenvalue weighted by atomic mass is 35.5. The Balaban J connectivity index is 0.000000162. The Morgan fingerprint density at radius 1 is 0.298 bits per heavy atom. The Bertz CT molecular complexity index is 5730. The first-order valence-corrected chi connectivity index (χ1v) is 43.9. The first-order valence-electron chi connectivity index (χ1n) is 36.2. The summed E-state index contributed by atoms with van der Waals surface area (Å²) in [6.45, 7) is 30.0. The molecule has 2 heterocycles. The number of hydrogen-bond acceptors (Lipinski definition) is 3. The van der Waals surface area contributed by atoms with Crippen molar-refractivity contribution in [1.29, 1.82) is 0 Å². The summed E-state index contributed by atoms with van der Waals surface area (Å²) in [6.07, 6.45) is 0. The number of para-hydroxylation sites is 3. The van der Waals surface area contributed by atoms with Crippen LogP contribution in [-0.2, 0) is 10.8 Å². The first-order chi connectivity index (χ1) is 49.8. The molecule has 16 rings (SSSR count). The van der Waals surface area contributed by atoms with E-state index in [0.717, 1.165) is 83.3 Å². The van der Waals surface area contributed by atoms with Crippen LogP contribution in [0.4, 0.5) is 45.5 Å². The zero-order valence-electron chi connectivity index (χ0n) is 62.0. The third-order valence-electron chi connectivity index (χ3n) is 20.0. The number of nitrogens with zero attached hydrogens (tertiary/aromatic N) is 4. The summed E-state index contributed by atoms with van der Waals surface area (Å²) < 4.78 is 4.77. The SMILES string of the molecule is CC(C)(C)c1ccc(-n2c3cc(Cl)ccc3c3cc4ccc(Cl)cc4cc32)cc1.C[Si](C)(C)c1ccc(Nc2ccccc2)cc1.Cc1ccc(N(c2ccccc2)c2ccc3cc4c5ccc(N(c6ccccc6)c6ccc([Si](C)(C)C)cc6)cc5n(-c5ccc(C(C)(C)C)cc5)c4cc3c2)cc1. The van der Waals surface area contributed by atoms with Crippen LogP contribution in [-0.4, -0.2) is 25.3 Å². The molecule has 1 N–H and O–H groups in total. The van der Waals surface area contributed by atoms with Gasteiger partial charge in [-0.3, -0.25) is 0 Å². The summed E-state index contributed by atoms with van der Waals surface area (Å²) in [5.74, 6) is 0. The van der Waals surface area contributed by atoms with Gasteiger partial charge in [0.2, 0.25) is 0 Å². The zero-order valence-corrected chi connectivity index (χ0v) is 65.5. The number of rotatable bonds is 12. The maximum atomic E-state index is 6.39. The number of halogens is 2. The number of benzene rings is 14. The largest absolute Gasteiger partial charge is 0.356 e. The molecule has 0 saturated heterocycles. The molecule has 0 unspecified atom stereocenters. The van der Waals surface area contributed by atoms with E-state index in [4.69, 9.17) is 23.2 Å². The van der Waals surface area contributed by atoms with Gasteiger partial charge in [0.15, 0.2) is 0 Å². The maximum absolute atomic E-state index is 6.39. The van der Waals surface area contributed by atoms with E-state index in [1.807, 2.05) is 42.5 Å². The fourth-order valence-electron chi connectivity index (χ4n) is 14.1. The van der Waals surface area contributed by atoms with Gasteiger partial charge < -0.3 is 24.3 Å². The Morgan fingerprint density at radius 2 is 0.654 bits per heavy atom. The van der Waals surface area contributed by atoms with E-state index in [2.05, 4.69) is 379 Å². The van der Waals surface area contributed by atoms with Crippen LogP contribution in [0.3, 0.4) is 0 Å². The van der Waals surface area contributed by atoms with Gasteiger partial charge in [0.25, 0.3) is 0 Å². The van der Waals surface area contributed by atoms with Crippen molar-refractivity contribution in [1.82, 2.24) is 9.13 Å². The topological polar surface area (TPSA) is 28.4 Å². The van der Waals surface area contributed by atoms with E-state index in [1.54, 1.807) is 0 Å². The Morgan fingerprint density at radius 3 is 1.13 bits per heavy atom. The van der Waals surface area contributed by atoms with Crippen molar-refractivity contribution < 1.29 is 0 Å². The fourth-order valence-corrected chi connectivity index (χ4v) is 16.8. The fraction of sp³-hybridized carbons (Fsp3) is 0.158. The Labute approximate surface area is 626 Å². The molecule has 0 aliphatic rings. The van der Waals surface area contributed by atoms with Gasteiger partial charge in [-0.25, -0.2) is 0 Å². The van der Waals surface area contributed by atoms with Crippen molar-refractivity contribution in [2.45, 2.75) is 98.6 Å². The average Bonchev–Trinajstić information content (AvgIpc) is 1.58. The van der Waals surface area contributed by atoms with Crippen molar-refractivity contribution in [3.05, 3.63) is 336 Å². The maximum Gasteiger partial charge on any atom is 0.0775 e. The highest BCUT2D eigenvalue weighted by Crippen LogP contribution is 2.44. The molecule has 0 aliphatic heterocycles. The predicted molar refractivity (Wildman–Crippen MR) is 460 cm³/mol. The molecule has 0 fully saturated rings. The van der Waals surface area contributed by atoms with Crippen LogP contribution in [0.5, 0.6) is 0 Å². The van der Waals surface area contributed by atoms with Gasteiger partial charge in [-0.1, -0.05) is 259 Å². The normalized spacial score (nSPS) is 12.0. The van der Waals surface area contributed by atoms with Gasteiger partial charge in [-0.2, -0.15) is 0 Å². The third-order valence-corrected chi connectivity index (χ3v) is 24.6. The standard InChI is InChI=1S/C54H51N3Si.C26H21Cl2N.C15H19NSi/c1-38-18-23-44(24-19-38)55(42-14-10-8-11-15-42)47-25-20-39-35-51-50-33-30-48(56(43-16-12-9-13-17-43)45-28-31-49(32-29-45)58(5,6)7)37-53(50)57(52(51)36-40(39)34-47)46-26-21-41(22-27-46)54(2,3)4;1-26(2,3)18-5-9-21(10-6-18)29-24-14-17-12-19(27)7-4-16(17)13-23(24)22-11-8-20(28)15-25(22)29;1-17(2,3)15-11-9-14(10-12-15)16-13-7-5-4-6-8-13/h8-37H,1-7H3;4-15H,1-3H3;4-12,16H,1-3H3. The van der Waals surface area contributed by atoms with Crippen molar-refractivity contribution in [3.63, 3.8) is 0 Å². The van der Waals surface area contributed by atoms with Crippen molar-refractivity contribution in [2.75, 3.05) is 15.1 Å². The van der Waals surface area contributed by atoms with Crippen LogP contribution in [0.25, 0.3) is 76.5 Å². The third kappa shape index (κ3) is 15.0. The summed E-state index contributed by atoms with van der Waals surface area (Å²) in [7, 11) is -2.63. The van der Waals surface area contributed by atoms with E-state index in [0.29, 0.717) is 0 Å². The second-order valence-corrected chi connectivity index (χ2v) is 42.7. The molecule has 0 amide bonds. The molecular weight excluding hydrogens is 1340 g/mol. The summed E-state index contributed by atoms with van der Waals surface area (Å²) in [4.78, 5) is 4.74. The second-order valence-electron chi connectivity index (χ2n) is 31.7. The van der Waals surface area contributed by atoms with E-state index < -0.39 is 16.1 Å². The van der Waals surface area contributed by atoms with Gasteiger partial charge in [0, 0.05) is 88.5 Å². The minimum absolute atomic E-state index is 0.0580. The number of aromatic nitrogens is 2. The van der Waals surface area contributed by atoms with E-state index in [1.165, 1.54) is 75.8 Å². The van der Waals surface area contributed by atoms with E-state index in [9.17, 15) is 0 Å². The number of aryl methyl sites for hydroxylation is 1. The summed E-state index contributed by atoms with van der Waals surface area (Å²) >= 11 is 12.6. The number of anilines is 8. The summed E-state index contributed by atoms with van der Waals surface area (Å²) in [6, 6.07) is 112. The lowest BCUT2D eigenvalue weighted by molar-refractivity contribution is 0.590. The zero-order chi connectivity index (χ0) is 72.8. The lowest BCUT2D eigenvalue weighted by Gasteiger charge is -2.27. The minimum atomic E-state index is -1.46. The summed E-state index contributed by atoms with van der Waals surface area (Å²) in [5.41, 5.74) is 20.1. The van der Waals surface area contributed by atoms with Gasteiger partial charge in [0.05, 0.1) is 38.2 Å². The van der Waals surface area contributed by atoms with Crippen molar-refractivity contribution in [2.24, 2.45) is 0 Å². The van der Waals surface area contributed by atoms with Crippen molar-refractivity contribution in [3.8, 4) is 11.4 Å². The monoisotopic (exact) mass is 1430 g/mol. The number of nitrogens with one attached hydrogen (secondary N) is 1. The van der Waals surface area contributed by atoms with Gasteiger partial charge in [0.1, 0.15) is 0 Å². The molecule has 16 aromatic rings. The molecular formula is C95H91Cl2N5Si2. The predicted octanol–water partition coefficient (Wildman–Crippen LogP) is 27.5. The Kier molecular flexibility index (Phi) is 19.5. The molecule has 9 heteroatoms. The highest BCUT2D eigenvalue weighted by Gasteiger charge is 2.24. The molecule has 14 aromatic carbocycles. The lowest BCUT2D eigenvalue weighted by Crippen LogP contribution is -2.37. The molecule has 0 atom stereocenters. The first kappa shape index (κ1) is 70.6. The highest BCUT2D eigenvalue weighted by molar-refractivity contribution is 6.89. The molecule has 0 saturated carbocycles. The second kappa shape index (κ2) is 28.7. The van der Waals surface area contributed by atoms with E-state index in [-0.39, 0.29) is 10.8 Å². The number of fused-ring (bicyclic) bond motifs is 8. The Hall–Kier alpha value is -10.4. The van der Waals surface area contributed by atoms with Crippen LogP contribution >= 0.6 is 23.2 Å². The smallest absolute Gasteiger partial charge is 0.0775 e. The summed E-state index contributed by atoms with van der Waals surface area (Å²) in [5, 5.41) is 17.4. The van der Waals surface area contributed by atoms with Crippen LogP contribution in [0.2, 0.25) is 49.3 Å². The molecule has 2 aromatic heterocycles. The van der Waals surface area contributed by atoms with Gasteiger partial charge >= 0.3 is 0 Å². The van der Waals surface area contributed by atoms with Crippen LogP contribution in [0.1, 0.15) is 58.2 Å². The van der Waals surface area contributed by atoms with Crippen LogP contribution in [0.15, 0.2) is 309 Å². The quantitative estimate of drug-likeness (QED) is 0.124. The van der Waals surface area contributed by atoms with E-state index >= 15 is 0 Å². The lowest BCUT2D eigenvalue weighted by atomic mass is 9.87. The number of hydrogen-bond donors (Lipinski definition) is 1. The molecule has 518 valence electrons. The van der Waals surface area contributed by atoms with Gasteiger partial charge in [-0.05, 0) is 220 Å². The van der Waals surface area contributed by atoms with Crippen LogP contribution in [0, 0.1) is 6.92 Å². The molecule has 0 radical (unpaired) electrons. The molecule has 104 heavy (non-hydrogen) atoms. The van der Waals surface area contributed by atoms with Gasteiger partial charge in [-0.15, -0.1) is 0 Å². The van der Waals surface area contributed by atoms with Crippen molar-refractivity contribution >= 4 is 160 Å². The molecule has 5 nitrogen and oxygen atoms in total. The minimum Gasteiger partial charge on any atom is -0.356 e. The average molecular weight is 1430 g/mol. The molecule has 0 aliphatic carbocycles. The molecule has 0 spiro atoms. The molecule has 0 bridgehead atoms.